The van der Waals surface area contributed by atoms with Gasteiger partial charge in [0.15, 0.2) is 11.6 Å². The Morgan fingerprint density at radius 1 is 0.691 bits per heavy atom. The molecule has 2 aromatic rings. The van der Waals surface area contributed by atoms with Gasteiger partial charge in [-0.2, -0.15) is 0 Å². The number of unbranched alkanes of at least 4 members (excludes halogenated alkanes) is 1. The molecule has 2 aliphatic rings. The van der Waals surface area contributed by atoms with Crippen LogP contribution in [-0.2, 0) is 35.2 Å². The summed E-state index contributed by atoms with van der Waals surface area (Å²) in [5, 5.41) is 11.3. The molecule has 0 spiro atoms. The van der Waals surface area contributed by atoms with Gasteiger partial charge in [-0.05, 0) is 62.6 Å². The summed E-state index contributed by atoms with van der Waals surface area (Å²) in [5.74, 6) is -4.03. The van der Waals surface area contributed by atoms with E-state index in [-0.39, 0.29) is 37.5 Å². The molecule has 1 fully saturated rings. The molecule has 4 rings (SSSR count). The van der Waals surface area contributed by atoms with Crippen molar-refractivity contribution < 1.29 is 33.6 Å². The van der Waals surface area contributed by atoms with Gasteiger partial charge >= 0.3 is 0 Å². The van der Waals surface area contributed by atoms with Crippen LogP contribution >= 0.6 is 0 Å². The standard InChI is InChI=1S/C42H56N6O7/c43-23-9-7-15-32-27-33(49)21-22-37(50)46-34(39(44)52)16-8-10-24-45-41(54)35(48-42(55)36(47-40(32)53)25-28-11-3-1-4-12-28)26-29-17-19-31(20-18-29)38(51)30-13-5-2-6-14-30/h2,5-6,13-14,17-22,28,32,34-36H,1,3-4,7-12,15-16,23-27,43H2,(H2,44,52)(H,45,54)(H,46,50)(H,47,53)(H,48,55)/b22-21+/t32-,34+,35-,36+/m1/s1. The summed E-state index contributed by atoms with van der Waals surface area (Å²) in [7, 11) is 0. The van der Waals surface area contributed by atoms with Crippen molar-refractivity contribution in [3.63, 3.8) is 0 Å². The number of carbonyl (C=O) groups excluding carboxylic acids is 7. The fraction of sp³-hybridized carbons (Fsp3) is 0.500. The van der Waals surface area contributed by atoms with E-state index in [1.54, 1.807) is 48.5 Å². The van der Waals surface area contributed by atoms with Crippen molar-refractivity contribution in [3.8, 4) is 0 Å². The van der Waals surface area contributed by atoms with Crippen molar-refractivity contribution >= 4 is 41.1 Å². The lowest BCUT2D eigenvalue weighted by atomic mass is 9.84. The second-order valence-electron chi connectivity index (χ2n) is 14.7. The summed E-state index contributed by atoms with van der Waals surface area (Å²) in [5.41, 5.74) is 13.0. The summed E-state index contributed by atoms with van der Waals surface area (Å²) in [6.45, 7) is 0.627. The first kappa shape index (κ1) is 42.6. The van der Waals surface area contributed by atoms with Crippen LogP contribution in [-0.4, -0.2) is 72.3 Å². The first-order chi connectivity index (χ1) is 26.5. The Labute approximate surface area is 323 Å². The number of carbonyl (C=O) groups is 7. The lowest BCUT2D eigenvalue weighted by Gasteiger charge is -2.29. The number of hydrogen-bond acceptors (Lipinski definition) is 8. The van der Waals surface area contributed by atoms with Crippen molar-refractivity contribution in [1.29, 1.82) is 0 Å². The second-order valence-corrected chi connectivity index (χ2v) is 14.7. The molecule has 0 radical (unpaired) electrons. The molecule has 4 atom stereocenters. The van der Waals surface area contributed by atoms with Gasteiger partial charge in [-0.25, -0.2) is 0 Å². The molecule has 0 unspecified atom stereocenters. The van der Waals surface area contributed by atoms with Gasteiger partial charge in [-0.15, -0.1) is 0 Å². The third kappa shape index (κ3) is 14.2. The van der Waals surface area contributed by atoms with Crippen molar-refractivity contribution in [2.45, 2.75) is 108 Å². The topological polar surface area (TPSA) is 220 Å². The van der Waals surface area contributed by atoms with E-state index in [0.717, 1.165) is 44.3 Å². The summed E-state index contributed by atoms with van der Waals surface area (Å²) >= 11 is 0. The summed E-state index contributed by atoms with van der Waals surface area (Å²) in [4.78, 5) is 92.6. The average molecular weight is 757 g/mol. The van der Waals surface area contributed by atoms with E-state index in [4.69, 9.17) is 11.5 Å². The van der Waals surface area contributed by atoms with E-state index in [9.17, 15) is 33.6 Å². The quantitative estimate of drug-likeness (QED) is 0.148. The van der Waals surface area contributed by atoms with Crippen LogP contribution in [0.3, 0.4) is 0 Å². The van der Waals surface area contributed by atoms with Crippen LogP contribution in [0.25, 0.3) is 0 Å². The molecule has 0 aromatic heterocycles. The van der Waals surface area contributed by atoms with Crippen LogP contribution in [0.1, 0.15) is 105 Å². The minimum atomic E-state index is -1.02. The number of benzene rings is 2. The van der Waals surface area contributed by atoms with Crippen molar-refractivity contribution in [3.05, 3.63) is 83.4 Å². The highest BCUT2D eigenvalue weighted by Gasteiger charge is 2.32. The molecule has 55 heavy (non-hydrogen) atoms. The van der Waals surface area contributed by atoms with Crippen LogP contribution in [0.2, 0.25) is 0 Å². The zero-order valence-electron chi connectivity index (χ0n) is 31.6. The fourth-order valence-electron chi connectivity index (χ4n) is 7.20. The van der Waals surface area contributed by atoms with Gasteiger partial charge < -0.3 is 32.7 Å². The van der Waals surface area contributed by atoms with Crippen LogP contribution < -0.4 is 32.7 Å². The van der Waals surface area contributed by atoms with E-state index in [1.807, 2.05) is 6.07 Å². The van der Waals surface area contributed by atoms with Gasteiger partial charge in [0, 0.05) is 42.5 Å². The molecular formula is C42H56N6O7. The molecule has 1 heterocycles. The minimum absolute atomic E-state index is 0.111. The number of allylic oxidation sites excluding steroid dienone is 1. The van der Waals surface area contributed by atoms with Gasteiger partial charge in [-0.1, -0.05) is 93.1 Å². The number of hydrogen-bond donors (Lipinski definition) is 6. The Kier molecular flexibility index (Phi) is 17.2. The van der Waals surface area contributed by atoms with Gasteiger partial charge in [0.05, 0.1) is 0 Å². The minimum Gasteiger partial charge on any atom is -0.368 e. The number of ketones is 2. The highest BCUT2D eigenvalue weighted by molar-refractivity contribution is 6.09. The largest absolute Gasteiger partial charge is 0.368 e. The predicted molar refractivity (Wildman–Crippen MR) is 208 cm³/mol. The monoisotopic (exact) mass is 756 g/mol. The molecule has 8 N–H and O–H groups in total. The fourth-order valence-corrected chi connectivity index (χ4v) is 7.20. The SMILES string of the molecule is NCCCC[C@@H]1CC(=O)/C=C/C(=O)N[C@H](C(N)=O)CCCCNC(=O)[C@@H](Cc2ccc(C(=O)c3ccccc3)cc2)NC(=O)[C@H](CC2CCCCC2)NC1=O. The molecule has 0 saturated heterocycles. The number of amides is 5. The van der Waals surface area contributed by atoms with E-state index in [0.29, 0.717) is 61.8 Å². The maximum atomic E-state index is 14.2. The molecule has 13 nitrogen and oxygen atoms in total. The van der Waals surface area contributed by atoms with Crippen LogP contribution in [0.4, 0.5) is 0 Å². The summed E-state index contributed by atoms with van der Waals surface area (Å²) in [6.07, 6.45) is 10.0. The molecule has 13 heteroatoms. The molecule has 0 bridgehead atoms. The van der Waals surface area contributed by atoms with E-state index >= 15 is 0 Å². The number of nitrogens with one attached hydrogen (secondary N) is 4. The van der Waals surface area contributed by atoms with Gasteiger partial charge in [0.2, 0.25) is 29.5 Å². The first-order valence-electron chi connectivity index (χ1n) is 19.6. The van der Waals surface area contributed by atoms with Gasteiger partial charge in [-0.3, -0.25) is 33.6 Å². The summed E-state index contributed by atoms with van der Waals surface area (Å²) < 4.78 is 0. The highest BCUT2D eigenvalue weighted by atomic mass is 16.2. The van der Waals surface area contributed by atoms with Crippen molar-refractivity contribution in [2.24, 2.45) is 23.3 Å². The maximum Gasteiger partial charge on any atom is 0.244 e. The second kappa shape index (κ2) is 22.3. The maximum absolute atomic E-state index is 14.2. The molecule has 296 valence electrons. The normalized spacial score (nSPS) is 23.4. The molecule has 1 saturated carbocycles. The Hall–Kier alpha value is -5.17. The summed E-state index contributed by atoms with van der Waals surface area (Å²) in [6, 6.07) is 12.8. The molecule has 1 aliphatic heterocycles. The van der Waals surface area contributed by atoms with E-state index < -0.39 is 59.4 Å². The van der Waals surface area contributed by atoms with Gasteiger partial charge in [0.1, 0.15) is 18.1 Å². The number of nitrogens with two attached hydrogens (primary N) is 2. The van der Waals surface area contributed by atoms with Gasteiger partial charge in [0.25, 0.3) is 0 Å². The smallest absolute Gasteiger partial charge is 0.244 e. The third-order valence-corrected chi connectivity index (χ3v) is 10.4. The number of primary amides is 1. The Morgan fingerprint density at radius 2 is 1.36 bits per heavy atom. The van der Waals surface area contributed by atoms with Crippen LogP contribution in [0.15, 0.2) is 66.7 Å². The average Bonchev–Trinajstić information content (AvgIpc) is 3.18. The molecule has 1 aliphatic carbocycles. The van der Waals surface area contributed by atoms with Crippen molar-refractivity contribution in [1.82, 2.24) is 21.3 Å². The predicted octanol–water partition coefficient (Wildman–Crippen LogP) is 2.93. The lowest BCUT2D eigenvalue weighted by molar-refractivity contribution is -0.134. The Bertz CT molecular complexity index is 1660. The van der Waals surface area contributed by atoms with E-state index in [2.05, 4.69) is 21.3 Å². The Morgan fingerprint density at radius 3 is 2.05 bits per heavy atom. The number of rotatable bonds is 11. The van der Waals surface area contributed by atoms with Crippen molar-refractivity contribution in [2.75, 3.05) is 13.1 Å². The van der Waals surface area contributed by atoms with E-state index in [1.165, 1.54) is 0 Å². The molecule has 2 aromatic carbocycles. The zero-order valence-corrected chi connectivity index (χ0v) is 31.6. The lowest BCUT2D eigenvalue weighted by Crippen LogP contribution is -2.55. The third-order valence-electron chi connectivity index (χ3n) is 10.4. The first-order valence-corrected chi connectivity index (χ1v) is 19.6. The molecule has 5 amide bonds. The van der Waals surface area contributed by atoms with Crippen LogP contribution in [0, 0.1) is 11.8 Å². The zero-order chi connectivity index (χ0) is 39.6. The Balaban J connectivity index is 1.61. The highest BCUT2D eigenvalue weighted by Crippen LogP contribution is 2.28. The molecular weight excluding hydrogens is 700 g/mol. The van der Waals surface area contributed by atoms with Crippen LogP contribution in [0.5, 0.6) is 0 Å².